The summed E-state index contributed by atoms with van der Waals surface area (Å²) < 4.78 is 5.42. The van der Waals surface area contributed by atoms with Gasteiger partial charge < -0.3 is 4.42 Å². The fraction of sp³-hybridized carbons (Fsp3) is 0.231. The van der Waals surface area contributed by atoms with Crippen molar-refractivity contribution in [1.82, 2.24) is 5.43 Å². The van der Waals surface area contributed by atoms with E-state index in [-0.39, 0.29) is 6.04 Å². The van der Waals surface area contributed by atoms with Gasteiger partial charge in [-0.3, -0.25) is 5.84 Å². The molecule has 0 saturated carbocycles. The Morgan fingerprint density at radius 3 is 2.59 bits per heavy atom. The lowest BCUT2D eigenvalue weighted by molar-refractivity contribution is 0.502. The lowest BCUT2D eigenvalue weighted by Crippen LogP contribution is -2.29. The molecule has 90 valence electrons. The highest BCUT2D eigenvalue weighted by Crippen LogP contribution is 2.26. The zero-order chi connectivity index (χ0) is 12.3. The van der Waals surface area contributed by atoms with Gasteiger partial charge in [0.1, 0.15) is 5.76 Å². The van der Waals surface area contributed by atoms with Gasteiger partial charge in [-0.25, -0.2) is 5.43 Å². The Bertz CT molecular complexity index is 478. The lowest BCUT2D eigenvalue weighted by atomic mass is 9.99. The van der Waals surface area contributed by atoms with E-state index in [9.17, 15) is 0 Å². The first-order chi connectivity index (χ1) is 8.26. The highest BCUT2D eigenvalue weighted by atomic mass is 35.5. The van der Waals surface area contributed by atoms with E-state index in [0.717, 1.165) is 23.3 Å². The van der Waals surface area contributed by atoms with Gasteiger partial charge >= 0.3 is 0 Å². The van der Waals surface area contributed by atoms with E-state index in [1.54, 1.807) is 6.26 Å². The minimum atomic E-state index is -0.0685. The molecule has 1 atom stereocenters. The Kier molecular flexibility index (Phi) is 3.84. The van der Waals surface area contributed by atoms with Gasteiger partial charge in [0.2, 0.25) is 0 Å². The topological polar surface area (TPSA) is 51.2 Å². The van der Waals surface area contributed by atoms with Crippen LogP contribution in [0.3, 0.4) is 0 Å². The van der Waals surface area contributed by atoms with E-state index in [1.165, 1.54) is 0 Å². The lowest BCUT2D eigenvalue weighted by Gasteiger charge is -2.16. The Morgan fingerprint density at radius 2 is 2.00 bits per heavy atom. The second-order valence-electron chi connectivity index (χ2n) is 3.80. The number of hydrogen-bond acceptors (Lipinski definition) is 3. The summed E-state index contributed by atoms with van der Waals surface area (Å²) in [6, 6.07) is 9.50. The summed E-state index contributed by atoms with van der Waals surface area (Å²) >= 11 is 5.87. The molecule has 1 aromatic carbocycles. The minimum absolute atomic E-state index is 0.0685. The maximum atomic E-state index is 5.87. The second kappa shape index (κ2) is 5.36. The Balaban J connectivity index is 2.36. The highest BCUT2D eigenvalue weighted by molar-refractivity contribution is 6.30. The molecule has 1 heterocycles. The van der Waals surface area contributed by atoms with Gasteiger partial charge in [0, 0.05) is 17.0 Å². The monoisotopic (exact) mass is 250 g/mol. The van der Waals surface area contributed by atoms with Crippen LogP contribution in [0.25, 0.3) is 0 Å². The van der Waals surface area contributed by atoms with Crippen molar-refractivity contribution < 1.29 is 4.42 Å². The summed E-state index contributed by atoms with van der Waals surface area (Å²) in [5.74, 6) is 6.58. The predicted molar refractivity (Wildman–Crippen MR) is 68.7 cm³/mol. The molecule has 0 aliphatic heterocycles. The van der Waals surface area contributed by atoms with Crippen LogP contribution in [-0.2, 0) is 6.42 Å². The number of halogens is 1. The molecule has 3 N–H and O–H groups in total. The second-order valence-corrected chi connectivity index (χ2v) is 4.24. The fourth-order valence-electron chi connectivity index (χ4n) is 1.92. The summed E-state index contributed by atoms with van der Waals surface area (Å²) in [7, 11) is 0. The van der Waals surface area contributed by atoms with Crippen molar-refractivity contribution in [3.8, 4) is 0 Å². The average Bonchev–Trinajstić information content (AvgIpc) is 2.81. The maximum absolute atomic E-state index is 5.87. The van der Waals surface area contributed by atoms with E-state index >= 15 is 0 Å². The van der Waals surface area contributed by atoms with Gasteiger partial charge in [0.15, 0.2) is 0 Å². The molecule has 0 bridgehead atoms. The van der Waals surface area contributed by atoms with Crippen LogP contribution in [0.2, 0.25) is 5.02 Å². The van der Waals surface area contributed by atoms with E-state index in [0.29, 0.717) is 5.02 Å². The first kappa shape index (κ1) is 12.2. The third kappa shape index (κ3) is 2.52. The summed E-state index contributed by atoms with van der Waals surface area (Å²) in [6.07, 6.45) is 2.53. The normalized spacial score (nSPS) is 12.6. The molecule has 1 unspecified atom stereocenters. The van der Waals surface area contributed by atoms with Gasteiger partial charge in [-0.05, 0) is 23.8 Å². The molecule has 0 aliphatic rings. The number of benzene rings is 1. The van der Waals surface area contributed by atoms with Gasteiger partial charge in [-0.2, -0.15) is 0 Å². The van der Waals surface area contributed by atoms with Crippen LogP contribution in [0.1, 0.15) is 29.9 Å². The number of nitrogens with one attached hydrogen (secondary N) is 1. The average molecular weight is 251 g/mol. The van der Waals surface area contributed by atoms with E-state index in [4.69, 9.17) is 21.9 Å². The first-order valence-electron chi connectivity index (χ1n) is 5.54. The summed E-state index contributed by atoms with van der Waals surface area (Å²) in [6.45, 7) is 2.05. The van der Waals surface area contributed by atoms with Gasteiger partial charge in [0.05, 0.1) is 12.3 Å². The highest BCUT2D eigenvalue weighted by Gasteiger charge is 2.17. The molecule has 2 rings (SSSR count). The molecule has 1 aromatic heterocycles. The fourth-order valence-corrected chi connectivity index (χ4v) is 2.04. The van der Waals surface area contributed by atoms with Gasteiger partial charge in [0.25, 0.3) is 0 Å². The summed E-state index contributed by atoms with van der Waals surface area (Å²) in [5, 5.41) is 0.715. The summed E-state index contributed by atoms with van der Waals surface area (Å²) in [5.41, 5.74) is 4.94. The molecule has 0 spiro atoms. The van der Waals surface area contributed by atoms with Crippen molar-refractivity contribution in [2.24, 2.45) is 5.84 Å². The van der Waals surface area contributed by atoms with Crippen LogP contribution in [0, 0.1) is 0 Å². The Morgan fingerprint density at radius 1 is 1.29 bits per heavy atom. The number of nitrogens with two attached hydrogens (primary N) is 1. The van der Waals surface area contributed by atoms with Crippen molar-refractivity contribution in [3.05, 3.63) is 58.5 Å². The zero-order valence-electron chi connectivity index (χ0n) is 9.61. The number of hydrazine groups is 1. The maximum Gasteiger partial charge on any atom is 0.108 e. The molecule has 3 nitrogen and oxygen atoms in total. The number of rotatable bonds is 4. The molecule has 4 heteroatoms. The van der Waals surface area contributed by atoms with Crippen LogP contribution in [0.4, 0.5) is 0 Å². The molecule has 0 amide bonds. The molecule has 2 aromatic rings. The minimum Gasteiger partial charge on any atom is -0.469 e. The van der Waals surface area contributed by atoms with Crippen molar-refractivity contribution in [2.75, 3.05) is 0 Å². The van der Waals surface area contributed by atoms with Crippen LogP contribution < -0.4 is 11.3 Å². The molecular formula is C13H15ClN2O. The molecule has 0 radical (unpaired) electrons. The molecular weight excluding hydrogens is 236 g/mol. The van der Waals surface area contributed by atoms with Crippen LogP contribution in [-0.4, -0.2) is 0 Å². The smallest absolute Gasteiger partial charge is 0.108 e. The van der Waals surface area contributed by atoms with Gasteiger partial charge in [-0.1, -0.05) is 30.7 Å². The molecule has 17 heavy (non-hydrogen) atoms. The summed E-state index contributed by atoms with van der Waals surface area (Å²) in [4.78, 5) is 0. The van der Waals surface area contributed by atoms with Crippen LogP contribution >= 0.6 is 11.6 Å². The van der Waals surface area contributed by atoms with Crippen molar-refractivity contribution in [1.29, 1.82) is 0 Å². The van der Waals surface area contributed by atoms with Crippen LogP contribution in [0.15, 0.2) is 41.0 Å². The standard InChI is InChI=1S/C13H15ClN2O/c1-2-12-11(7-8-17-12)13(16-15)9-3-5-10(14)6-4-9/h3-8,13,16H,2,15H2,1H3. The number of hydrogen-bond donors (Lipinski definition) is 2. The third-order valence-corrected chi connectivity index (χ3v) is 3.03. The molecule has 0 saturated heterocycles. The number of furan rings is 1. The SMILES string of the molecule is CCc1occc1C(NN)c1ccc(Cl)cc1. The van der Waals surface area contributed by atoms with E-state index < -0.39 is 0 Å². The van der Waals surface area contributed by atoms with Crippen molar-refractivity contribution in [2.45, 2.75) is 19.4 Å². The van der Waals surface area contributed by atoms with Gasteiger partial charge in [-0.15, -0.1) is 0 Å². The van der Waals surface area contributed by atoms with Crippen molar-refractivity contribution in [3.63, 3.8) is 0 Å². The van der Waals surface area contributed by atoms with E-state index in [2.05, 4.69) is 12.3 Å². The number of aryl methyl sites for hydroxylation is 1. The molecule has 0 fully saturated rings. The largest absolute Gasteiger partial charge is 0.469 e. The van der Waals surface area contributed by atoms with E-state index in [1.807, 2.05) is 30.3 Å². The Labute approximate surface area is 106 Å². The van der Waals surface area contributed by atoms with Crippen LogP contribution in [0.5, 0.6) is 0 Å². The predicted octanol–water partition coefficient (Wildman–Crippen LogP) is 3.05. The van der Waals surface area contributed by atoms with Crippen molar-refractivity contribution >= 4 is 11.6 Å². The Hall–Kier alpha value is -1.29. The quantitative estimate of drug-likeness (QED) is 0.648. The zero-order valence-corrected chi connectivity index (χ0v) is 10.4. The molecule has 0 aliphatic carbocycles. The first-order valence-corrected chi connectivity index (χ1v) is 5.92. The third-order valence-electron chi connectivity index (χ3n) is 2.78.